The fraction of sp³-hybridized carbons (Fsp3) is 0.250. The Kier molecular flexibility index (Phi) is 5.23. The second-order valence-corrected chi connectivity index (χ2v) is 5.99. The molecule has 0 aliphatic rings. The number of nitrogens with one attached hydrogen (secondary N) is 2. The van der Waals surface area contributed by atoms with E-state index in [1.165, 1.54) is 11.1 Å². The number of anilines is 3. The van der Waals surface area contributed by atoms with Crippen LogP contribution in [0, 0.1) is 13.8 Å². The number of aryl methyl sites for hydroxylation is 3. The van der Waals surface area contributed by atoms with E-state index in [2.05, 4.69) is 57.6 Å². The van der Waals surface area contributed by atoms with Gasteiger partial charge in [-0.3, -0.25) is 4.98 Å². The molecule has 0 saturated carbocycles. The number of para-hydroxylation sites is 1. The Bertz CT molecular complexity index is 846. The molecule has 1 aromatic carbocycles. The first-order valence-electron chi connectivity index (χ1n) is 8.49. The minimum absolute atomic E-state index is 0.675. The van der Waals surface area contributed by atoms with Crippen molar-refractivity contribution in [1.82, 2.24) is 15.0 Å². The van der Waals surface area contributed by atoms with Crippen LogP contribution in [0.1, 0.15) is 29.4 Å². The van der Waals surface area contributed by atoms with E-state index in [0.29, 0.717) is 6.54 Å². The number of rotatable bonds is 6. The van der Waals surface area contributed by atoms with Crippen molar-refractivity contribution in [2.45, 2.75) is 33.7 Å². The molecule has 25 heavy (non-hydrogen) atoms. The predicted octanol–water partition coefficient (Wildman–Crippen LogP) is 4.41. The second kappa shape index (κ2) is 7.75. The summed E-state index contributed by atoms with van der Waals surface area (Å²) < 4.78 is 0. The van der Waals surface area contributed by atoms with Crippen molar-refractivity contribution in [3.05, 3.63) is 71.3 Å². The van der Waals surface area contributed by atoms with Crippen LogP contribution in [0.5, 0.6) is 0 Å². The summed E-state index contributed by atoms with van der Waals surface area (Å²) >= 11 is 0. The molecule has 128 valence electrons. The minimum Gasteiger partial charge on any atom is -0.366 e. The zero-order valence-corrected chi connectivity index (χ0v) is 14.9. The van der Waals surface area contributed by atoms with Crippen molar-refractivity contribution in [3.8, 4) is 0 Å². The topological polar surface area (TPSA) is 62.7 Å². The van der Waals surface area contributed by atoms with E-state index < -0.39 is 0 Å². The van der Waals surface area contributed by atoms with E-state index >= 15 is 0 Å². The van der Waals surface area contributed by atoms with Crippen LogP contribution in [0.2, 0.25) is 0 Å². The molecule has 2 aromatic heterocycles. The minimum atomic E-state index is 0.675. The van der Waals surface area contributed by atoms with Gasteiger partial charge >= 0.3 is 0 Å². The number of pyridine rings is 1. The molecule has 0 spiro atoms. The molecule has 0 fully saturated rings. The van der Waals surface area contributed by atoms with Crippen LogP contribution in [-0.2, 0) is 13.0 Å². The quantitative estimate of drug-likeness (QED) is 0.700. The van der Waals surface area contributed by atoms with Crippen LogP contribution in [0.15, 0.2) is 48.8 Å². The zero-order valence-electron chi connectivity index (χ0n) is 14.9. The van der Waals surface area contributed by atoms with Gasteiger partial charge in [0.25, 0.3) is 0 Å². The standard InChI is InChI=1S/C20H23N5/c1-4-17-9-5-7-14(2)20(17)25-19-11-18(23-15(3)24-19)22-13-16-8-6-10-21-12-16/h5-12H,4,13H2,1-3H3,(H2,22,23,24,25). The summed E-state index contributed by atoms with van der Waals surface area (Å²) in [5, 5.41) is 6.81. The van der Waals surface area contributed by atoms with E-state index in [-0.39, 0.29) is 0 Å². The lowest BCUT2D eigenvalue weighted by Crippen LogP contribution is -2.06. The van der Waals surface area contributed by atoms with Crippen LogP contribution in [0.25, 0.3) is 0 Å². The number of aromatic nitrogens is 3. The fourth-order valence-electron chi connectivity index (χ4n) is 2.75. The SMILES string of the molecule is CCc1cccc(C)c1Nc1cc(NCc2cccnc2)nc(C)n1. The highest BCUT2D eigenvalue weighted by Crippen LogP contribution is 2.25. The summed E-state index contributed by atoms with van der Waals surface area (Å²) in [6, 6.07) is 12.2. The highest BCUT2D eigenvalue weighted by Gasteiger charge is 2.07. The van der Waals surface area contributed by atoms with Gasteiger partial charge in [0.1, 0.15) is 17.5 Å². The van der Waals surface area contributed by atoms with E-state index in [9.17, 15) is 0 Å². The molecule has 0 radical (unpaired) electrons. The maximum atomic E-state index is 4.53. The van der Waals surface area contributed by atoms with E-state index in [1.807, 2.05) is 31.3 Å². The molecule has 3 aromatic rings. The Morgan fingerprint density at radius 1 is 1.00 bits per heavy atom. The van der Waals surface area contributed by atoms with Gasteiger partial charge in [-0.2, -0.15) is 0 Å². The molecule has 5 nitrogen and oxygen atoms in total. The van der Waals surface area contributed by atoms with Crippen LogP contribution in [0.4, 0.5) is 17.3 Å². The Balaban J connectivity index is 1.80. The third-order valence-electron chi connectivity index (χ3n) is 4.03. The number of benzene rings is 1. The van der Waals surface area contributed by atoms with Crippen LogP contribution in [0.3, 0.4) is 0 Å². The molecule has 0 aliphatic carbocycles. The third kappa shape index (κ3) is 4.32. The summed E-state index contributed by atoms with van der Waals surface area (Å²) in [5.41, 5.74) is 4.73. The second-order valence-electron chi connectivity index (χ2n) is 5.99. The molecule has 0 atom stereocenters. The number of hydrogen-bond acceptors (Lipinski definition) is 5. The van der Waals surface area contributed by atoms with Gasteiger partial charge in [0.15, 0.2) is 0 Å². The van der Waals surface area contributed by atoms with Crippen LogP contribution in [-0.4, -0.2) is 15.0 Å². The van der Waals surface area contributed by atoms with Gasteiger partial charge in [0, 0.05) is 30.7 Å². The molecule has 2 N–H and O–H groups in total. The molecule has 0 aliphatic heterocycles. The predicted molar refractivity (Wildman–Crippen MR) is 102 cm³/mol. The van der Waals surface area contributed by atoms with Gasteiger partial charge in [-0.25, -0.2) is 9.97 Å². The van der Waals surface area contributed by atoms with Crippen molar-refractivity contribution >= 4 is 17.3 Å². The maximum absolute atomic E-state index is 4.53. The summed E-state index contributed by atoms with van der Waals surface area (Å²) in [4.78, 5) is 13.1. The summed E-state index contributed by atoms with van der Waals surface area (Å²) in [6.07, 6.45) is 4.59. The van der Waals surface area contributed by atoms with Crippen molar-refractivity contribution in [3.63, 3.8) is 0 Å². The molecule has 0 amide bonds. The van der Waals surface area contributed by atoms with Gasteiger partial charge in [0.2, 0.25) is 0 Å². The Morgan fingerprint density at radius 3 is 2.60 bits per heavy atom. The van der Waals surface area contributed by atoms with Gasteiger partial charge in [-0.15, -0.1) is 0 Å². The van der Waals surface area contributed by atoms with E-state index in [1.54, 1.807) is 6.20 Å². The van der Waals surface area contributed by atoms with Gasteiger partial charge in [-0.05, 0) is 43.0 Å². The molecule has 2 heterocycles. The Hall–Kier alpha value is -2.95. The highest BCUT2D eigenvalue weighted by molar-refractivity contribution is 5.66. The Labute approximate surface area is 148 Å². The first-order chi connectivity index (χ1) is 12.2. The number of nitrogens with zero attached hydrogens (tertiary/aromatic N) is 3. The molecule has 3 rings (SSSR count). The molecule has 0 bridgehead atoms. The lowest BCUT2D eigenvalue weighted by molar-refractivity contribution is 1.02. The summed E-state index contributed by atoms with van der Waals surface area (Å²) in [7, 11) is 0. The fourth-order valence-corrected chi connectivity index (χ4v) is 2.75. The third-order valence-corrected chi connectivity index (χ3v) is 4.03. The van der Waals surface area contributed by atoms with Crippen LogP contribution < -0.4 is 10.6 Å². The average molecular weight is 333 g/mol. The monoisotopic (exact) mass is 333 g/mol. The molecule has 5 heteroatoms. The molecular weight excluding hydrogens is 310 g/mol. The first-order valence-corrected chi connectivity index (χ1v) is 8.49. The van der Waals surface area contributed by atoms with E-state index in [0.717, 1.165) is 35.1 Å². The van der Waals surface area contributed by atoms with Crippen molar-refractivity contribution in [2.75, 3.05) is 10.6 Å². The molecule has 0 unspecified atom stereocenters. The van der Waals surface area contributed by atoms with Crippen LogP contribution >= 0.6 is 0 Å². The summed E-state index contributed by atoms with van der Waals surface area (Å²) in [5.74, 6) is 2.32. The molecular formula is C20H23N5. The normalized spacial score (nSPS) is 10.5. The van der Waals surface area contributed by atoms with Crippen molar-refractivity contribution < 1.29 is 0 Å². The number of hydrogen-bond donors (Lipinski definition) is 2. The Morgan fingerprint density at radius 2 is 1.84 bits per heavy atom. The van der Waals surface area contributed by atoms with Gasteiger partial charge in [0.05, 0.1) is 0 Å². The lowest BCUT2D eigenvalue weighted by Gasteiger charge is -2.15. The zero-order chi connectivity index (χ0) is 17.6. The lowest BCUT2D eigenvalue weighted by atomic mass is 10.1. The van der Waals surface area contributed by atoms with Gasteiger partial charge in [-0.1, -0.05) is 31.2 Å². The van der Waals surface area contributed by atoms with Crippen molar-refractivity contribution in [1.29, 1.82) is 0 Å². The van der Waals surface area contributed by atoms with E-state index in [4.69, 9.17) is 0 Å². The highest BCUT2D eigenvalue weighted by atomic mass is 15.1. The summed E-state index contributed by atoms with van der Waals surface area (Å²) in [6.45, 7) is 6.84. The average Bonchev–Trinajstić information content (AvgIpc) is 2.62. The molecule has 0 saturated heterocycles. The van der Waals surface area contributed by atoms with Crippen molar-refractivity contribution in [2.24, 2.45) is 0 Å². The smallest absolute Gasteiger partial charge is 0.136 e. The first kappa shape index (κ1) is 16.9. The van der Waals surface area contributed by atoms with Gasteiger partial charge < -0.3 is 10.6 Å². The maximum Gasteiger partial charge on any atom is 0.136 e. The largest absolute Gasteiger partial charge is 0.366 e.